The number of ketones is 2. The van der Waals surface area contributed by atoms with Gasteiger partial charge < -0.3 is 9.69 Å². The molecule has 0 aromatic carbocycles. The number of amides is 1. The van der Waals surface area contributed by atoms with Crippen LogP contribution in [0.15, 0.2) is 23.4 Å². The van der Waals surface area contributed by atoms with Crippen molar-refractivity contribution in [1.82, 2.24) is 4.90 Å². The van der Waals surface area contributed by atoms with Crippen LogP contribution in [0.3, 0.4) is 0 Å². The van der Waals surface area contributed by atoms with Crippen molar-refractivity contribution in [3.63, 3.8) is 0 Å². The maximum Gasteiger partial charge on any atom is 0.226 e. The lowest BCUT2D eigenvalue weighted by Crippen LogP contribution is -2.66. The first-order chi connectivity index (χ1) is 18.1. The predicted molar refractivity (Wildman–Crippen MR) is 151 cm³/mol. The lowest BCUT2D eigenvalue weighted by Gasteiger charge is -2.69. The molecular weight excluding hydrogens is 484 g/mol. The van der Waals surface area contributed by atoms with Crippen LogP contribution in [0, 0.1) is 51.4 Å². The molecule has 0 spiro atoms. The van der Waals surface area contributed by atoms with Gasteiger partial charge in [0.25, 0.3) is 0 Å². The highest BCUT2D eigenvalue weighted by atomic mass is 16.2. The second-order valence-corrected chi connectivity index (χ2v) is 15.9. The minimum absolute atomic E-state index is 0.0539. The Bertz CT molecular complexity index is 1290. The Kier molecular flexibility index (Phi) is 5.50. The van der Waals surface area contributed by atoms with Crippen LogP contribution in [-0.4, -0.2) is 34.5 Å². The smallest absolute Gasteiger partial charge is 0.226 e. The molecule has 5 nitrogen and oxygen atoms in total. The normalized spacial score (nSPS) is 48.7. The average molecular weight is 531 g/mol. The molecule has 39 heavy (non-hydrogen) atoms. The van der Waals surface area contributed by atoms with Crippen molar-refractivity contribution >= 4 is 17.5 Å². The van der Waals surface area contributed by atoms with Crippen LogP contribution in [0.5, 0.6) is 0 Å². The van der Waals surface area contributed by atoms with Crippen molar-refractivity contribution in [3.8, 4) is 0 Å². The number of likely N-dealkylation sites (tertiary alicyclic amines) is 1. The molecule has 1 saturated heterocycles. The van der Waals surface area contributed by atoms with E-state index in [1.807, 2.05) is 26.0 Å². The fourth-order valence-electron chi connectivity index (χ4n) is 11.1. The molecule has 0 aromatic rings. The Balaban J connectivity index is 1.47. The van der Waals surface area contributed by atoms with Gasteiger partial charge in [0.2, 0.25) is 11.6 Å². The number of rotatable bonds is 1. The highest BCUT2D eigenvalue weighted by Crippen LogP contribution is 2.74. The third kappa shape index (κ3) is 3.21. The topological polar surface area (TPSA) is 58.8 Å². The van der Waals surface area contributed by atoms with Gasteiger partial charge in [0.1, 0.15) is 0 Å². The van der Waals surface area contributed by atoms with Crippen molar-refractivity contribution in [2.45, 2.75) is 112 Å². The van der Waals surface area contributed by atoms with E-state index in [0.29, 0.717) is 6.42 Å². The molecule has 0 N–H and O–H groups in total. The number of Topliss-reactive ketones (excluding diaryl/α,β-unsaturated/α-hetero) is 1. The number of carbonyl (C=O) groups is 3. The summed E-state index contributed by atoms with van der Waals surface area (Å²) in [6.45, 7) is 24.3. The second kappa shape index (κ2) is 7.95. The fourth-order valence-corrected chi connectivity index (χ4v) is 11.1. The predicted octanol–water partition coefficient (Wildman–Crippen LogP) is 6.93. The summed E-state index contributed by atoms with van der Waals surface area (Å²) in [6.07, 6.45) is 12.5. The van der Waals surface area contributed by atoms with Gasteiger partial charge in [-0.15, -0.1) is 0 Å². The zero-order valence-corrected chi connectivity index (χ0v) is 25.1. The largest absolute Gasteiger partial charge is 0.337 e. The van der Waals surface area contributed by atoms with E-state index in [1.165, 1.54) is 0 Å². The summed E-state index contributed by atoms with van der Waals surface area (Å²) in [7, 11) is 0. The minimum atomic E-state index is -0.634. The number of nitrogens with zero attached hydrogens (tertiary/aromatic N) is 2. The van der Waals surface area contributed by atoms with E-state index in [0.717, 1.165) is 63.5 Å². The molecule has 3 saturated carbocycles. The van der Waals surface area contributed by atoms with Crippen LogP contribution in [0.1, 0.15) is 106 Å². The number of fused-ring (bicyclic) bond motifs is 7. The first-order valence-electron chi connectivity index (χ1n) is 15.3. The standard InChI is InChI=1S/C34H46N2O3/c1-29(2)24-11-12-33(6)25(32(24,5)20-22(35-8)28(29)39)18-23(37)27-21-19-31(4,36-17-9-10-26(36)38)15-13-30(21,3)14-16-34(27,33)7/h18,20-21,24,27H,9-17,19H2,1-7H3/t21-,24-,27-,30+,31-,32-,33+,34+/m0/s1. The highest BCUT2D eigenvalue weighted by molar-refractivity contribution is 6.03. The summed E-state index contributed by atoms with van der Waals surface area (Å²) in [6, 6.07) is 0. The molecular formula is C34H46N2O3. The summed E-state index contributed by atoms with van der Waals surface area (Å²) < 4.78 is 0. The Labute approximate surface area is 234 Å². The van der Waals surface area contributed by atoms with E-state index in [2.05, 4.69) is 44.4 Å². The Morgan fingerprint density at radius 1 is 0.949 bits per heavy atom. The molecule has 5 heteroatoms. The maximum absolute atomic E-state index is 14.5. The minimum Gasteiger partial charge on any atom is -0.337 e. The van der Waals surface area contributed by atoms with Gasteiger partial charge >= 0.3 is 0 Å². The second-order valence-electron chi connectivity index (χ2n) is 15.9. The van der Waals surface area contributed by atoms with Gasteiger partial charge in [-0.05, 0) is 92.4 Å². The lowest BCUT2D eigenvalue weighted by atomic mass is 9.34. The first kappa shape index (κ1) is 27.0. The van der Waals surface area contributed by atoms with Gasteiger partial charge in [0, 0.05) is 35.3 Å². The summed E-state index contributed by atoms with van der Waals surface area (Å²) in [5, 5.41) is 0. The van der Waals surface area contributed by atoms with Crippen LogP contribution in [0.4, 0.5) is 0 Å². The van der Waals surface area contributed by atoms with Gasteiger partial charge in [0.05, 0.1) is 6.57 Å². The molecule has 210 valence electrons. The fraction of sp³-hybridized carbons (Fsp3) is 0.765. The molecule has 8 atom stereocenters. The van der Waals surface area contributed by atoms with Crippen LogP contribution >= 0.6 is 0 Å². The van der Waals surface area contributed by atoms with E-state index in [-0.39, 0.29) is 62.7 Å². The molecule has 0 unspecified atom stereocenters. The third-order valence-electron chi connectivity index (χ3n) is 13.8. The van der Waals surface area contributed by atoms with Gasteiger partial charge in [0.15, 0.2) is 11.6 Å². The van der Waals surface area contributed by atoms with E-state index < -0.39 is 10.8 Å². The average Bonchev–Trinajstić information content (AvgIpc) is 3.31. The highest BCUT2D eigenvalue weighted by Gasteiger charge is 2.69. The van der Waals surface area contributed by atoms with E-state index in [4.69, 9.17) is 6.57 Å². The van der Waals surface area contributed by atoms with E-state index in [1.54, 1.807) is 0 Å². The van der Waals surface area contributed by atoms with Gasteiger partial charge in [-0.3, -0.25) is 9.59 Å². The SMILES string of the molecule is [C-]#[N+]C1=C[C@]2(C)C3=CC(=O)[C@@H]4[C@@H]5C[C@@](C)(N6CCCC6=O)CC[C@]5(C)CC[C@@]4(C)[C@]3(C)CC[C@H]2C(C)(C)C1=O. The van der Waals surface area contributed by atoms with Crippen LogP contribution in [-0.2, 0) is 14.4 Å². The molecule has 6 aliphatic rings. The summed E-state index contributed by atoms with van der Waals surface area (Å²) >= 11 is 0. The zero-order chi connectivity index (χ0) is 28.4. The van der Waals surface area contributed by atoms with Gasteiger partial charge in [-0.1, -0.05) is 53.2 Å². The Hall–Kier alpha value is -2.22. The van der Waals surface area contributed by atoms with Gasteiger partial charge in [-0.25, -0.2) is 4.85 Å². The van der Waals surface area contributed by atoms with E-state index >= 15 is 0 Å². The molecule has 1 amide bonds. The third-order valence-corrected chi connectivity index (χ3v) is 13.8. The molecule has 5 aliphatic carbocycles. The number of carbonyl (C=O) groups excluding carboxylic acids is 3. The Morgan fingerprint density at radius 3 is 2.28 bits per heavy atom. The summed E-state index contributed by atoms with van der Waals surface area (Å²) in [5.74, 6) is 0.726. The number of hydrogen-bond donors (Lipinski definition) is 0. The summed E-state index contributed by atoms with van der Waals surface area (Å²) in [5.41, 5.74) is -0.172. The molecule has 1 heterocycles. The zero-order valence-electron chi connectivity index (χ0n) is 25.1. The van der Waals surface area contributed by atoms with Crippen molar-refractivity contribution in [2.75, 3.05) is 6.54 Å². The molecule has 4 fully saturated rings. The maximum atomic E-state index is 14.5. The Morgan fingerprint density at radius 2 is 1.64 bits per heavy atom. The number of hydrogen-bond acceptors (Lipinski definition) is 3. The van der Waals surface area contributed by atoms with Crippen molar-refractivity contribution in [3.05, 3.63) is 34.8 Å². The van der Waals surface area contributed by atoms with E-state index in [9.17, 15) is 14.4 Å². The van der Waals surface area contributed by atoms with Crippen LogP contribution < -0.4 is 0 Å². The molecule has 6 rings (SSSR count). The first-order valence-corrected chi connectivity index (χ1v) is 15.3. The van der Waals surface area contributed by atoms with Crippen molar-refractivity contribution in [2.24, 2.45) is 44.8 Å². The van der Waals surface area contributed by atoms with Crippen molar-refractivity contribution in [1.29, 1.82) is 0 Å². The lowest BCUT2D eigenvalue weighted by molar-refractivity contribution is -0.172. The molecule has 0 bridgehead atoms. The van der Waals surface area contributed by atoms with Crippen molar-refractivity contribution < 1.29 is 14.4 Å². The van der Waals surface area contributed by atoms with Crippen LogP contribution in [0.25, 0.3) is 4.85 Å². The monoisotopic (exact) mass is 530 g/mol. The molecule has 1 aliphatic heterocycles. The quantitative estimate of drug-likeness (QED) is 0.345. The van der Waals surface area contributed by atoms with Crippen LogP contribution in [0.2, 0.25) is 0 Å². The van der Waals surface area contributed by atoms with Gasteiger partial charge in [-0.2, -0.15) is 0 Å². The summed E-state index contributed by atoms with van der Waals surface area (Å²) in [4.78, 5) is 46.5. The molecule has 0 aromatic heterocycles. The molecule has 0 radical (unpaired) electrons. The number of allylic oxidation sites excluding steroid dienone is 4.